The van der Waals surface area contributed by atoms with Crippen LogP contribution in [0.25, 0.3) is 0 Å². The lowest BCUT2D eigenvalue weighted by atomic mass is 10.2. The van der Waals surface area contributed by atoms with Crippen molar-refractivity contribution in [2.45, 2.75) is 10.8 Å². The van der Waals surface area contributed by atoms with Crippen molar-refractivity contribution in [3.63, 3.8) is 0 Å². The van der Waals surface area contributed by atoms with Crippen LogP contribution >= 0.6 is 22.9 Å². The van der Waals surface area contributed by atoms with Crippen LogP contribution in [0.4, 0.5) is 0 Å². The number of halogens is 1. The van der Waals surface area contributed by atoms with E-state index in [2.05, 4.69) is 0 Å². The summed E-state index contributed by atoms with van der Waals surface area (Å²) < 4.78 is 26.4. The number of aliphatic hydroxyl groups is 1. The first-order chi connectivity index (χ1) is 11.8. The first-order valence-electron chi connectivity index (χ1n) is 7.49. The minimum absolute atomic E-state index is 0.0876. The van der Waals surface area contributed by atoms with E-state index >= 15 is 0 Å². The summed E-state index contributed by atoms with van der Waals surface area (Å²) in [6.07, 6.45) is 0. The van der Waals surface area contributed by atoms with Crippen LogP contribution in [0.15, 0.2) is 46.7 Å². The molecule has 1 aromatic heterocycles. The number of nitrogens with zero attached hydrogens (tertiary/aromatic N) is 2. The van der Waals surface area contributed by atoms with E-state index in [1.54, 1.807) is 0 Å². The highest BCUT2D eigenvalue weighted by molar-refractivity contribution is 7.91. The molecular weight excluding hydrogens is 384 g/mol. The van der Waals surface area contributed by atoms with Gasteiger partial charge in [0.15, 0.2) is 0 Å². The first-order valence-corrected chi connectivity index (χ1v) is 10.1. The van der Waals surface area contributed by atoms with Gasteiger partial charge in [0.25, 0.3) is 10.0 Å². The van der Waals surface area contributed by atoms with Crippen molar-refractivity contribution >= 4 is 38.9 Å². The molecule has 6 nitrogen and oxygen atoms in total. The molecule has 0 spiro atoms. The minimum atomic E-state index is -3.78. The molecule has 0 unspecified atom stereocenters. The van der Waals surface area contributed by atoms with Gasteiger partial charge < -0.3 is 10.0 Å². The third kappa shape index (κ3) is 5.26. The summed E-state index contributed by atoms with van der Waals surface area (Å²) in [6.45, 7) is -0.0777. The molecule has 1 amide bonds. The highest BCUT2D eigenvalue weighted by Gasteiger charge is 2.26. The average Bonchev–Trinajstić information content (AvgIpc) is 3.02. The lowest BCUT2D eigenvalue weighted by Crippen LogP contribution is -2.41. The molecule has 136 valence electrons. The fraction of sp³-hybridized carbons (Fsp3) is 0.312. The van der Waals surface area contributed by atoms with Gasteiger partial charge in [-0.1, -0.05) is 41.9 Å². The van der Waals surface area contributed by atoms with Gasteiger partial charge in [-0.3, -0.25) is 4.79 Å². The molecule has 2 rings (SSSR count). The van der Waals surface area contributed by atoms with E-state index in [9.17, 15) is 18.3 Å². The molecule has 9 heteroatoms. The molecule has 1 aromatic carbocycles. The van der Waals surface area contributed by atoms with Gasteiger partial charge in [-0.2, -0.15) is 4.31 Å². The molecule has 25 heavy (non-hydrogen) atoms. The topological polar surface area (TPSA) is 77.9 Å². The molecule has 0 radical (unpaired) electrons. The van der Waals surface area contributed by atoms with Gasteiger partial charge in [0.1, 0.15) is 4.21 Å². The molecule has 1 heterocycles. The van der Waals surface area contributed by atoms with Gasteiger partial charge in [0.2, 0.25) is 5.91 Å². The lowest BCUT2D eigenvalue weighted by Gasteiger charge is -2.24. The highest BCUT2D eigenvalue weighted by Crippen LogP contribution is 2.27. The van der Waals surface area contributed by atoms with Crippen LogP contribution in [-0.2, 0) is 21.4 Å². The van der Waals surface area contributed by atoms with Crippen molar-refractivity contribution in [2.24, 2.45) is 0 Å². The van der Waals surface area contributed by atoms with Gasteiger partial charge in [0, 0.05) is 20.1 Å². The fourth-order valence-electron chi connectivity index (χ4n) is 2.18. The van der Waals surface area contributed by atoms with Gasteiger partial charge >= 0.3 is 0 Å². The Labute approximate surface area is 156 Å². The number of amides is 1. The van der Waals surface area contributed by atoms with E-state index in [-0.39, 0.29) is 29.8 Å². The first kappa shape index (κ1) is 19.9. The van der Waals surface area contributed by atoms with Gasteiger partial charge in [-0.25, -0.2) is 8.42 Å². The van der Waals surface area contributed by atoms with E-state index in [1.807, 2.05) is 30.3 Å². The van der Waals surface area contributed by atoms with Crippen molar-refractivity contribution in [2.75, 3.05) is 26.7 Å². The van der Waals surface area contributed by atoms with Crippen LogP contribution in [0.1, 0.15) is 5.56 Å². The number of carbonyl (C=O) groups is 1. The second-order valence-corrected chi connectivity index (χ2v) is 9.33. The van der Waals surface area contributed by atoms with Crippen LogP contribution in [0, 0.1) is 0 Å². The number of thiophene rings is 1. The van der Waals surface area contributed by atoms with E-state index in [1.165, 1.54) is 24.1 Å². The number of rotatable bonds is 8. The number of hydrogen-bond acceptors (Lipinski definition) is 5. The Morgan fingerprint density at radius 1 is 1.20 bits per heavy atom. The smallest absolute Gasteiger partial charge is 0.252 e. The Hall–Kier alpha value is -1.45. The monoisotopic (exact) mass is 402 g/mol. The fourth-order valence-corrected chi connectivity index (χ4v) is 5.00. The molecule has 1 N–H and O–H groups in total. The summed E-state index contributed by atoms with van der Waals surface area (Å²) in [5.41, 5.74) is 0.903. The minimum Gasteiger partial charge on any atom is -0.395 e. The highest BCUT2D eigenvalue weighted by atomic mass is 35.5. The summed E-state index contributed by atoms with van der Waals surface area (Å²) in [6, 6.07) is 12.2. The van der Waals surface area contributed by atoms with Gasteiger partial charge in [-0.15, -0.1) is 11.3 Å². The SMILES string of the molecule is CN(CC(=O)N(CCO)Cc1ccccc1)S(=O)(=O)c1ccc(Cl)s1. The Bertz CT molecular complexity index is 809. The maximum atomic E-state index is 12.5. The van der Waals surface area contributed by atoms with E-state index < -0.39 is 10.0 Å². The zero-order chi connectivity index (χ0) is 18.4. The zero-order valence-corrected chi connectivity index (χ0v) is 16.0. The molecule has 0 aliphatic carbocycles. The molecule has 0 aliphatic heterocycles. The van der Waals surface area contributed by atoms with Gasteiger partial charge in [0.05, 0.1) is 17.5 Å². The summed E-state index contributed by atoms with van der Waals surface area (Å²) >= 11 is 6.73. The number of aliphatic hydroxyl groups excluding tert-OH is 1. The van der Waals surface area contributed by atoms with Crippen LogP contribution in [0.3, 0.4) is 0 Å². The van der Waals surface area contributed by atoms with Crippen molar-refractivity contribution < 1.29 is 18.3 Å². The third-order valence-corrected chi connectivity index (χ3v) is 7.01. The second-order valence-electron chi connectivity index (χ2n) is 5.34. The molecule has 0 atom stereocenters. The number of carbonyl (C=O) groups excluding carboxylic acids is 1. The standard InChI is InChI=1S/C16H19ClN2O4S2/c1-18(25(22,23)16-8-7-14(17)24-16)12-15(21)19(9-10-20)11-13-5-3-2-4-6-13/h2-8,20H,9-12H2,1H3. The summed E-state index contributed by atoms with van der Waals surface area (Å²) in [5.74, 6) is -0.383. The number of benzene rings is 1. The maximum Gasteiger partial charge on any atom is 0.252 e. The maximum absolute atomic E-state index is 12.5. The third-order valence-electron chi connectivity index (χ3n) is 3.51. The van der Waals surface area contributed by atoms with Crippen molar-refractivity contribution in [1.29, 1.82) is 0 Å². The number of hydrogen-bond donors (Lipinski definition) is 1. The summed E-state index contributed by atoms with van der Waals surface area (Å²) in [7, 11) is -2.43. The van der Waals surface area contributed by atoms with E-state index in [4.69, 9.17) is 11.6 Å². The normalized spacial score (nSPS) is 11.7. The predicted molar refractivity (Wildman–Crippen MR) is 98.1 cm³/mol. The molecular formula is C16H19ClN2O4S2. The summed E-state index contributed by atoms with van der Waals surface area (Å²) in [4.78, 5) is 14.0. The second kappa shape index (κ2) is 8.77. The molecule has 2 aromatic rings. The Balaban J connectivity index is 2.09. The lowest BCUT2D eigenvalue weighted by molar-refractivity contribution is -0.132. The van der Waals surface area contributed by atoms with Crippen LogP contribution < -0.4 is 0 Å². The zero-order valence-electron chi connectivity index (χ0n) is 13.6. The number of sulfonamides is 1. The van der Waals surface area contributed by atoms with Crippen LogP contribution in [0.5, 0.6) is 0 Å². The Morgan fingerprint density at radius 2 is 1.88 bits per heavy atom. The molecule has 0 bridgehead atoms. The van der Waals surface area contributed by atoms with Crippen molar-refractivity contribution in [3.05, 3.63) is 52.4 Å². The van der Waals surface area contributed by atoms with Gasteiger partial charge in [-0.05, 0) is 17.7 Å². The van der Waals surface area contributed by atoms with Crippen molar-refractivity contribution in [1.82, 2.24) is 9.21 Å². The van der Waals surface area contributed by atoms with Crippen LogP contribution in [-0.4, -0.2) is 55.4 Å². The molecule has 0 aliphatic rings. The van der Waals surface area contributed by atoms with Crippen molar-refractivity contribution in [3.8, 4) is 0 Å². The Morgan fingerprint density at radius 3 is 2.44 bits per heavy atom. The largest absolute Gasteiger partial charge is 0.395 e. The van der Waals surface area contributed by atoms with E-state index in [0.717, 1.165) is 21.2 Å². The molecule has 0 fully saturated rings. The quantitative estimate of drug-likeness (QED) is 0.733. The average molecular weight is 403 g/mol. The van der Waals surface area contributed by atoms with Crippen LogP contribution in [0.2, 0.25) is 4.34 Å². The molecule has 0 saturated heterocycles. The Kier molecular flexibility index (Phi) is 6.97. The predicted octanol–water partition coefficient (Wildman–Crippen LogP) is 2.04. The number of likely N-dealkylation sites (N-methyl/N-ethyl adjacent to an activating group) is 1. The van der Waals surface area contributed by atoms with E-state index in [0.29, 0.717) is 10.9 Å². The summed E-state index contributed by atoms with van der Waals surface area (Å²) in [5, 5.41) is 9.20. The molecule has 0 saturated carbocycles.